The van der Waals surface area contributed by atoms with Crippen LogP contribution in [0.3, 0.4) is 0 Å². The molecule has 0 aromatic heterocycles. The van der Waals surface area contributed by atoms with Crippen LogP contribution in [0.4, 0.5) is 17.6 Å². The summed E-state index contributed by atoms with van der Waals surface area (Å²) in [5.41, 5.74) is 1.53. The number of unbranched alkanes of at least 4 members (excludes halogenated alkanes) is 1. The minimum absolute atomic E-state index is 0.121. The molecule has 0 fully saturated rings. The second kappa shape index (κ2) is 12.1. The number of carbonyl (C=O) groups is 1. The Morgan fingerprint density at radius 2 is 1.64 bits per heavy atom. The molecule has 0 heterocycles. The number of esters is 1. The fourth-order valence-corrected chi connectivity index (χ4v) is 4.55. The highest BCUT2D eigenvalue weighted by molar-refractivity contribution is 7.89. The number of aryl methyl sites for hydroxylation is 1. The first-order valence-electron chi connectivity index (χ1n) is 10.5. The average molecular weight is 490 g/mol. The highest BCUT2D eigenvalue weighted by Crippen LogP contribution is 2.27. The van der Waals surface area contributed by atoms with Crippen LogP contribution in [0.25, 0.3) is 0 Å². The Hall–Kier alpha value is -2.46. The molecule has 5 nitrogen and oxygen atoms in total. The van der Waals surface area contributed by atoms with Gasteiger partial charge in [-0.1, -0.05) is 30.7 Å². The SMILES string of the molecule is COC(=O)CCCc1ccc(C(CCCCC(F)(F)F)NS(=O)(=O)c2ccc(F)cc2)cc1. The number of rotatable bonds is 12. The van der Waals surface area contributed by atoms with E-state index in [9.17, 15) is 30.8 Å². The van der Waals surface area contributed by atoms with E-state index in [1.807, 2.05) is 0 Å². The largest absolute Gasteiger partial charge is 0.469 e. The molecule has 1 unspecified atom stereocenters. The van der Waals surface area contributed by atoms with Gasteiger partial charge in [0.25, 0.3) is 0 Å². The number of hydrogen-bond acceptors (Lipinski definition) is 4. The van der Waals surface area contributed by atoms with Crippen LogP contribution in [-0.2, 0) is 26.0 Å². The van der Waals surface area contributed by atoms with Gasteiger partial charge in [0.15, 0.2) is 0 Å². The summed E-state index contributed by atoms with van der Waals surface area (Å²) in [7, 11) is -2.70. The Kier molecular flexibility index (Phi) is 9.85. The van der Waals surface area contributed by atoms with E-state index in [0.29, 0.717) is 18.4 Å². The van der Waals surface area contributed by atoms with Crippen molar-refractivity contribution >= 4 is 16.0 Å². The third-order valence-electron chi connectivity index (χ3n) is 5.08. The second-order valence-electron chi connectivity index (χ2n) is 7.66. The van der Waals surface area contributed by atoms with Gasteiger partial charge in [-0.2, -0.15) is 13.2 Å². The number of carbonyl (C=O) groups excluding carboxylic acids is 1. The summed E-state index contributed by atoms with van der Waals surface area (Å²) in [4.78, 5) is 11.1. The quantitative estimate of drug-likeness (QED) is 0.244. The molecule has 2 aromatic carbocycles. The van der Waals surface area contributed by atoms with Crippen LogP contribution in [0.5, 0.6) is 0 Å². The molecule has 0 aliphatic heterocycles. The van der Waals surface area contributed by atoms with Crippen LogP contribution < -0.4 is 4.72 Å². The van der Waals surface area contributed by atoms with Crippen LogP contribution in [-0.4, -0.2) is 27.7 Å². The van der Waals surface area contributed by atoms with Crippen molar-refractivity contribution in [1.29, 1.82) is 0 Å². The zero-order valence-electron chi connectivity index (χ0n) is 18.2. The smallest absolute Gasteiger partial charge is 0.389 e. The van der Waals surface area contributed by atoms with Crippen LogP contribution in [0.15, 0.2) is 53.4 Å². The van der Waals surface area contributed by atoms with E-state index in [4.69, 9.17) is 0 Å². The molecule has 1 N–H and O–H groups in total. The highest BCUT2D eigenvalue weighted by atomic mass is 32.2. The molecule has 0 amide bonds. The Bertz CT molecular complexity index is 991. The lowest BCUT2D eigenvalue weighted by Gasteiger charge is -2.20. The maximum Gasteiger partial charge on any atom is 0.389 e. The van der Waals surface area contributed by atoms with Gasteiger partial charge in [-0.25, -0.2) is 17.5 Å². The van der Waals surface area contributed by atoms with Crippen molar-refractivity contribution in [3.63, 3.8) is 0 Å². The number of halogens is 4. The van der Waals surface area contributed by atoms with Gasteiger partial charge in [-0.15, -0.1) is 0 Å². The molecule has 0 saturated carbocycles. The zero-order chi connectivity index (χ0) is 24.5. The zero-order valence-corrected chi connectivity index (χ0v) is 19.0. The molecule has 0 spiro atoms. The highest BCUT2D eigenvalue weighted by Gasteiger charge is 2.27. The summed E-state index contributed by atoms with van der Waals surface area (Å²) >= 11 is 0. The first kappa shape index (κ1) is 26.8. The minimum atomic E-state index is -4.27. The van der Waals surface area contributed by atoms with E-state index in [1.54, 1.807) is 24.3 Å². The van der Waals surface area contributed by atoms with Crippen LogP contribution in [0.2, 0.25) is 0 Å². The van der Waals surface area contributed by atoms with E-state index in [2.05, 4.69) is 9.46 Å². The predicted molar refractivity (Wildman–Crippen MR) is 115 cm³/mol. The molecule has 0 bridgehead atoms. The fourth-order valence-electron chi connectivity index (χ4n) is 3.29. The molecule has 0 aliphatic carbocycles. The minimum Gasteiger partial charge on any atom is -0.469 e. The third-order valence-corrected chi connectivity index (χ3v) is 6.57. The van der Waals surface area contributed by atoms with E-state index in [-0.39, 0.29) is 36.5 Å². The number of alkyl halides is 3. The summed E-state index contributed by atoms with van der Waals surface area (Å²) < 4.78 is 83.3. The van der Waals surface area contributed by atoms with Gasteiger partial charge in [0, 0.05) is 18.9 Å². The standard InChI is InChI=1S/C23H27F4NO4S/c1-32-22(29)7-4-5-17-8-10-18(11-9-17)21(6-2-3-16-23(25,26)27)28-33(30,31)20-14-12-19(24)13-15-20/h8-15,21,28H,2-7,16H2,1H3. The number of nitrogens with one attached hydrogen (secondary N) is 1. The van der Waals surface area contributed by atoms with Gasteiger partial charge >= 0.3 is 12.1 Å². The molecule has 182 valence electrons. The normalized spacial score (nSPS) is 13.0. The summed E-state index contributed by atoms with van der Waals surface area (Å²) in [6.45, 7) is 0. The monoisotopic (exact) mass is 489 g/mol. The van der Waals surface area contributed by atoms with E-state index < -0.39 is 34.5 Å². The Morgan fingerprint density at radius 3 is 2.21 bits per heavy atom. The maximum absolute atomic E-state index is 13.2. The lowest BCUT2D eigenvalue weighted by atomic mass is 9.98. The van der Waals surface area contributed by atoms with Gasteiger partial charge in [0.1, 0.15) is 5.82 Å². The molecular weight excluding hydrogens is 462 g/mol. The van der Waals surface area contributed by atoms with Gasteiger partial charge in [-0.3, -0.25) is 4.79 Å². The van der Waals surface area contributed by atoms with Crippen molar-refractivity contribution < 1.29 is 35.5 Å². The van der Waals surface area contributed by atoms with Crippen molar-refractivity contribution in [3.8, 4) is 0 Å². The van der Waals surface area contributed by atoms with Crippen molar-refractivity contribution in [2.45, 2.75) is 62.1 Å². The average Bonchev–Trinajstić information content (AvgIpc) is 2.76. The van der Waals surface area contributed by atoms with Crippen molar-refractivity contribution in [1.82, 2.24) is 4.72 Å². The summed E-state index contributed by atoms with van der Waals surface area (Å²) in [6.07, 6.45) is -3.52. The van der Waals surface area contributed by atoms with Crippen molar-refractivity contribution in [2.24, 2.45) is 0 Å². The number of methoxy groups -OCH3 is 1. The number of hydrogen-bond donors (Lipinski definition) is 1. The van der Waals surface area contributed by atoms with Crippen LogP contribution >= 0.6 is 0 Å². The van der Waals surface area contributed by atoms with Gasteiger partial charge in [0.05, 0.1) is 12.0 Å². The Labute approximate surface area is 191 Å². The topological polar surface area (TPSA) is 72.5 Å². The third kappa shape index (κ3) is 9.51. The molecule has 0 radical (unpaired) electrons. The molecular formula is C23H27F4NO4S. The number of benzene rings is 2. The number of ether oxygens (including phenoxy) is 1. The van der Waals surface area contributed by atoms with Crippen LogP contribution in [0, 0.1) is 5.82 Å². The molecule has 33 heavy (non-hydrogen) atoms. The maximum atomic E-state index is 13.2. The van der Waals surface area contributed by atoms with Gasteiger partial charge in [0.2, 0.25) is 10.0 Å². The Morgan fingerprint density at radius 1 is 1.00 bits per heavy atom. The Balaban J connectivity index is 2.12. The predicted octanol–water partition coefficient (Wildman–Crippen LogP) is 5.46. The van der Waals surface area contributed by atoms with E-state index in [0.717, 1.165) is 29.8 Å². The second-order valence-corrected chi connectivity index (χ2v) is 9.37. The first-order chi connectivity index (χ1) is 15.5. The van der Waals surface area contributed by atoms with Crippen molar-refractivity contribution in [2.75, 3.05) is 7.11 Å². The van der Waals surface area contributed by atoms with Crippen LogP contribution in [0.1, 0.15) is 55.7 Å². The molecule has 1 atom stereocenters. The molecule has 0 aliphatic rings. The fraction of sp³-hybridized carbons (Fsp3) is 0.435. The molecule has 0 saturated heterocycles. The van der Waals surface area contributed by atoms with E-state index >= 15 is 0 Å². The molecule has 10 heteroatoms. The van der Waals surface area contributed by atoms with Crippen molar-refractivity contribution in [3.05, 3.63) is 65.5 Å². The molecule has 2 aromatic rings. The summed E-state index contributed by atoms with van der Waals surface area (Å²) in [5, 5.41) is 0. The molecule has 2 rings (SSSR count). The van der Waals surface area contributed by atoms with E-state index in [1.165, 1.54) is 7.11 Å². The summed E-state index contributed by atoms with van der Waals surface area (Å²) in [5.74, 6) is -0.888. The lowest BCUT2D eigenvalue weighted by molar-refractivity contribution is -0.140. The number of sulfonamides is 1. The van der Waals surface area contributed by atoms with Gasteiger partial charge < -0.3 is 4.74 Å². The lowest BCUT2D eigenvalue weighted by Crippen LogP contribution is -2.29. The first-order valence-corrected chi connectivity index (χ1v) is 12.0. The van der Waals surface area contributed by atoms with Gasteiger partial charge in [-0.05, 0) is 61.1 Å². The summed E-state index contributed by atoms with van der Waals surface area (Å²) in [6, 6.07) is 10.6.